The van der Waals surface area contributed by atoms with Gasteiger partial charge < -0.3 is 14.8 Å². The van der Waals surface area contributed by atoms with E-state index < -0.39 is 0 Å². The number of ether oxygens (including phenoxy) is 2. The van der Waals surface area contributed by atoms with Gasteiger partial charge in [-0.2, -0.15) is 5.26 Å². The van der Waals surface area contributed by atoms with Crippen molar-refractivity contribution >= 4 is 0 Å². The first-order valence-corrected chi connectivity index (χ1v) is 9.67. The van der Waals surface area contributed by atoms with E-state index in [-0.39, 0.29) is 5.92 Å². The van der Waals surface area contributed by atoms with Gasteiger partial charge in [0.15, 0.2) is 0 Å². The second-order valence-corrected chi connectivity index (χ2v) is 8.61. The van der Waals surface area contributed by atoms with Crippen LogP contribution in [0.1, 0.15) is 44.9 Å². The summed E-state index contributed by atoms with van der Waals surface area (Å²) in [6.07, 6.45) is 9.00. The summed E-state index contributed by atoms with van der Waals surface area (Å²) in [6.45, 7) is 2.73. The summed E-state index contributed by atoms with van der Waals surface area (Å²) < 4.78 is 11.6. The van der Waals surface area contributed by atoms with Gasteiger partial charge in [0.05, 0.1) is 18.1 Å². The van der Waals surface area contributed by atoms with Gasteiger partial charge in [0.1, 0.15) is 0 Å². The van der Waals surface area contributed by atoms with Gasteiger partial charge in [-0.3, -0.25) is 0 Å². The summed E-state index contributed by atoms with van der Waals surface area (Å²) in [6, 6.07) is 3.64. The second kappa shape index (κ2) is 5.44. The minimum Gasteiger partial charge on any atom is -0.381 e. The molecule has 0 bridgehead atoms. The fourth-order valence-electron chi connectivity index (χ4n) is 6.78. The molecule has 1 spiro atoms. The summed E-state index contributed by atoms with van der Waals surface area (Å²) in [7, 11) is 0. The predicted molar refractivity (Wildman–Crippen MR) is 85.6 cm³/mol. The molecule has 3 saturated carbocycles. The number of hydrogen-bond acceptors (Lipinski definition) is 4. The Bertz CT molecular complexity index is 504. The van der Waals surface area contributed by atoms with Crippen LogP contribution in [0.5, 0.6) is 0 Å². The second-order valence-electron chi connectivity index (χ2n) is 8.61. The van der Waals surface area contributed by atoms with Crippen LogP contribution in [-0.4, -0.2) is 38.0 Å². The van der Waals surface area contributed by atoms with E-state index in [9.17, 15) is 5.26 Å². The molecule has 4 heteroatoms. The number of nitriles is 1. The Balaban J connectivity index is 1.34. The van der Waals surface area contributed by atoms with E-state index in [1.54, 1.807) is 0 Å². The molecule has 4 nitrogen and oxygen atoms in total. The smallest absolute Gasteiger partial charge is 0.0672 e. The topological polar surface area (TPSA) is 54.3 Å². The zero-order valence-electron chi connectivity index (χ0n) is 13.9. The van der Waals surface area contributed by atoms with Crippen LogP contribution in [0.2, 0.25) is 0 Å². The highest BCUT2D eigenvalue weighted by Gasteiger charge is 2.60. The third-order valence-electron chi connectivity index (χ3n) is 7.93. The predicted octanol–water partition coefficient (Wildman–Crippen LogP) is 2.49. The van der Waals surface area contributed by atoms with E-state index >= 15 is 0 Å². The first-order valence-electron chi connectivity index (χ1n) is 9.67. The number of nitrogens with zero attached hydrogens (tertiary/aromatic N) is 1. The van der Waals surface area contributed by atoms with Crippen molar-refractivity contribution in [3.63, 3.8) is 0 Å². The van der Waals surface area contributed by atoms with Crippen molar-refractivity contribution in [2.24, 2.45) is 29.1 Å². The third kappa shape index (κ3) is 2.06. The molecule has 0 radical (unpaired) electrons. The van der Waals surface area contributed by atoms with Gasteiger partial charge in [-0.1, -0.05) is 0 Å². The number of fused-ring (bicyclic) bond motifs is 4. The van der Waals surface area contributed by atoms with E-state index in [2.05, 4.69) is 11.4 Å². The molecule has 2 aliphatic heterocycles. The highest BCUT2D eigenvalue weighted by molar-refractivity contribution is 5.14. The zero-order valence-corrected chi connectivity index (χ0v) is 13.9. The Kier molecular flexibility index (Phi) is 3.48. The highest BCUT2D eigenvalue weighted by atomic mass is 16.5. The molecule has 5 fully saturated rings. The maximum absolute atomic E-state index is 9.67. The summed E-state index contributed by atoms with van der Waals surface area (Å²) in [4.78, 5) is 0. The lowest BCUT2D eigenvalue weighted by Crippen LogP contribution is -2.57. The van der Waals surface area contributed by atoms with E-state index in [1.165, 1.54) is 25.7 Å². The van der Waals surface area contributed by atoms with E-state index in [0.717, 1.165) is 56.8 Å². The molecule has 0 aromatic rings. The highest BCUT2D eigenvalue weighted by Crippen LogP contribution is 2.57. The number of hydrogen-bond donors (Lipinski definition) is 1. The molecular weight excluding hydrogens is 288 g/mol. The molecule has 3 aliphatic carbocycles. The van der Waals surface area contributed by atoms with Gasteiger partial charge in [0.25, 0.3) is 0 Å². The molecule has 7 atom stereocenters. The average Bonchev–Trinajstić information content (AvgIpc) is 3.22. The lowest BCUT2D eigenvalue weighted by Gasteiger charge is -2.48. The Morgan fingerprint density at radius 3 is 2.61 bits per heavy atom. The molecule has 5 rings (SSSR count). The maximum Gasteiger partial charge on any atom is 0.0672 e. The normalized spacial score (nSPS) is 50.3. The first-order chi connectivity index (χ1) is 11.3. The molecule has 0 aromatic heterocycles. The standard InChI is InChI=1S/C19H28N2O2/c20-11-12-3-5-19(6-9-22-10-7-19)18(12)21-15-2-1-13-16(15)14-4-8-23-17(13)14/h12-18,21H,1-10H2/t12?,13-,14-,15?,16+,17+,18?/m0/s1. The van der Waals surface area contributed by atoms with Crippen molar-refractivity contribution in [1.82, 2.24) is 5.32 Å². The molecule has 1 N–H and O–H groups in total. The molecule has 2 heterocycles. The zero-order chi connectivity index (χ0) is 15.4. The minimum absolute atomic E-state index is 0.197. The Hall–Kier alpha value is -0.630. The number of nitrogens with one attached hydrogen (secondary N) is 1. The van der Waals surface area contributed by atoms with Gasteiger partial charge in [-0.25, -0.2) is 0 Å². The monoisotopic (exact) mass is 316 g/mol. The van der Waals surface area contributed by atoms with E-state index in [1.807, 2.05) is 0 Å². The van der Waals surface area contributed by atoms with Crippen LogP contribution >= 0.6 is 0 Å². The first kappa shape index (κ1) is 14.7. The van der Waals surface area contributed by atoms with Crippen LogP contribution in [0.4, 0.5) is 0 Å². The Labute approximate surface area is 138 Å². The van der Waals surface area contributed by atoms with E-state index in [0.29, 0.717) is 23.6 Å². The lowest BCUT2D eigenvalue weighted by atomic mass is 9.62. The summed E-state index contributed by atoms with van der Waals surface area (Å²) in [5, 5.41) is 13.7. The summed E-state index contributed by atoms with van der Waals surface area (Å²) in [5.41, 5.74) is 0.325. The maximum atomic E-state index is 9.67. The van der Waals surface area contributed by atoms with Crippen LogP contribution in [0.25, 0.3) is 0 Å². The fourth-order valence-corrected chi connectivity index (χ4v) is 6.78. The quantitative estimate of drug-likeness (QED) is 0.850. The van der Waals surface area contributed by atoms with Gasteiger partial charge >= 0.3 is 0 Å². The molecular formula is C19H28N2O2. The Morgan fingerprint density at radius 2 is 1.78 bits per heavy atom. The lowest BCUT2D eigenvalue weighted by molar-refractivity contribution is -0.0735. The van der Waals surface area contributed by atoms with Crippen molar-refractivity contribution in [2.45, 2.75) is 63.1 Å². The van der Waals surface area contributed by atoms with E-state index in [4.69, 9.17) is 9.47 Å². The summed E-state index contributed by atoms with van der Waals surface area (Å²) in [5.74, 6) is 2.61. The molecule has 3 unspecified atom stereocenters. The molecule has 23 heavy (non-hydrogen) atoms. The molecule has 5 aliphatic rings. The van der Waals surface area contributed by atoms with Crippen molar-refractivity contribution in [1.29, 1.82) is 5.26 Å². The summed E-state index contributed by atoms with van der Waals surface area (Å²) >= 11 is 0. The average molecular weight is 316 g/mol. The van der Waals surface area contributed by atoms with Crippen molar-refractivity contribution in [3.8, 4) is 6.07 Å². The molecule has 0 aromatic carbocycles. The molecule has 2 saturated heterocycles. The van der Waals surface area contributed by atoms with Crippen LogP contribution in [0, 0.1) is 40.4 Å². The van der Waals surface area contributed by atoms with Gasteiger partial charge in [0.2, 0.25) is 0 Å². The van der Waals surface area contributed by atoms with Crippen LogP contribution in [0.15, 0.2) is 0 Å². The van der Waals surface area contributed by atoms with Gasteiger partial charge in [0, 0.05) is 31.9 Å². The SMILES string of the molecule is N#CC1CCC2(CCOCC2)C1NC1CC[C@@H]2[C@H]3OCC[C@H]3[C@H]12. The van der Waals surface area contributed by atoms with Crippen molar-refractivity contribution in [3.05, 3.63) is 0 Å². The van der Waals surface area contributed by atoms with Crippen molar-refractivity contribution < 1.29 is 9.47 Å². The molecule has 126 valence electrons. The Morgan fingerprint density at radius 1 is 0.957 bits per heavy atom. The van der Waals surface area contributed by atoms with Crippen molar-refractivity contribution in [2.75, 3.05) is 19.8 Å². The van der Waals surface area contributed by atoms with Gasteiger partial charge in [-0.05, 0) is 68.1 Å². The van der Waals surface area contributed by atoms with Gasteiger partial charge in [-0.15, -0.1) is 0 Å². The van der Waals surface area contributed by atoms with Crippen LogP contribution < -0.4 is 5.32 Å². The fraction of sp³-hybridized carbons (Fsp3) is 0.947. The number of rotatable bonds is 2. The minimum atomic E-state index is 0.197. The largest absolute Gasteiger partial charge is 0.381 e. The molecule has 0 amide bonds. The third-order valence-corrected chi connectivity index (χ3v) is 7.93. The van der Waals surface area contributed by atoms with Crippen LogP contribution in [0.3, 0.4) is 0 Å². The van der Waals surface area contributed by atoms with Crippen LogP contribution in [-0.2, 0) is 9.47 Å².